The predicted molar refractivity (Wildman–Crippen MR) is 69.5 cm³/mol. The van der Waals surface area contributed by atoms with Gasteiger partial charge in [-0.3, -0.25) is 4.79 Å². The Labute approximate surface area is 114 Å². The molecule has 7 heteroatoms. The first-order chi connectivity index (χ1) is 9.52. The van der Waals surface area contributed by atoms with Gasteiger partial charge in [-0.2, -0.15) is 0 Å². The summed E-state index contributed by atoms with van der Waals surface area (Å²) in [6.07, 6.45) is 2.93. The van der Waals surface area contributed by atoms with Crippen LogP contribution in [-0.4, -0.2) is 27.7 Å². The molecule has 0 aliphatic rings. The molecular formula is C13H12N2O5. The lowest BCUT2D eigenvalue weighted by Crippen LogP contribution is -2.18. The van der Waals surface area contributed by atoms with Gasteiger partial charge in [-0.1, -0.05) is 0 Å². The van der Waals surface area contributed by atoms with Gasteiger partial charge in [-0.05, 0) is 18.2 Å². The fourth-order valence-electron chi connectivity index (χ4n) is 1.53. The van der Waals surface area contributed by atoms with Crippen molar-refractivity contribution in [2.24, 2.45) is 7.05 Å². The van der Waals surface area contributed by atoms with Gasteiger partial charge >= 0.3 is 11.5 Å². The first kappa shape index (κ1) is 13.6. The first-order valence-electron chi connectivity index (χ1n) is 5.63. The van der Waals surface area contributed by atoms with Crippen LogP contribution in [0.25, 0.3) is 0 Å². The summed E-state index contributed by atoms with van der Waals surface area (Å²) in [7, 11) is 2.95. The Morgan fingerprint density at radius 2 is 2.10 bits per heavy atom. The summed E-state index contributed by atoms with van der Waals surface area (Å²) in [4.78, 5) is 26.5. The van der Waals surface area contributed by atoms with E-state index in [9.17, 15) is 9.59 Å². The highest BCUT2D eigenvalue weighted by Crippen LogP contribution is 2.30. The lowest BCUT2D eigenvalue weighted by molar-refractivity contribution is 0.0696. The maximum Gasteiger partial charge on any atom is 0.335 e. The van der Waals surface area contributed by atoms with Crippen molar-refractivity contribution in [3.63, 3.8) is 0 Å². The van der Waals surface area contributed by atoms with E-state index >= 15 is 0 Å². The SMILES string of the molecule is COc1cc(C(=O)O)ccc1Oc1nccn(C)c1=O. The van der Waals surface area contributed by atoms with Crippen molar-refractivity contribution in [3.05, 3.63) is 46.5 Å². The zero-order chi connectivity index (χ0) is 14.7. The Bertz CT molecular complexity index is 708. The third kappa shape index (κ3) is 2.61. The number of aryl methyl sites for hydroxylation is 1. The standard InChI is InChI=1S/C13H12N2O5/c1-15-6-5-14-11(12(15)16)20-9-4-3-8(13(17)18)7-10(9)19-2/h3-7H,1-2H3,(H,17,18). The van der Waals surface area contributed by atoms with Crippen LogP contribution in [-0.2, 0) is 7.05 Å². The molecule has 0 unspecified atom stereocenters. The Morgan fingerprint density at radius 3 is 2.75 bits per heavy atom. The summed E-state index contributed by atoms with van der Waals surface area (Å²) in [6.45, 7) is 0. The molecule has 104 valence electrons. The Hall–Kier alpha value is -2.83. The molecule has 0 radical (unpaired) electrons. The predicted octanol–water partition coefficient (Wildman–Crippen LogP) is 1.28. The highest BCUT2D eigenvalue weighted by atomic mass is 16.5. The molecule has 0 spiro atoms. The number of hydrogen-bond donors (Lipinski definition) is 1. The monoisotopic (exact) mass is 276 g/mol. The molecule has 0 aliphatic heterocycles. The van der Waals surface area contributed by atoms with Crippen molar-refractivity contribution < 1.29 is 19.4 Å². The number of benzene rings is 1. The van der Waals surface area contributed by atoms with Crippen LogP contribution in [0.15, 0.2) is 35.4 Å². The van der Waals surface area contributed by atoms with Crippen molar-refractivity contribution in [2.45, 2.75) is 0 Å². The van der Waals surface area contributed by atoms with E-state index in [4.69, 9.17) is 14.6 Å². The van der Waals surface area contributed by atoms with Crippen LogP contribution in [0.2, 0.25) is 0 Å². The number of carbonyl (C=O) groups is 1. The smallest absolute Gasteiger partial charge is 0.335 e. The highest BCUT2D eigenvalue weighted by Gasteiger charge is 2.13. The number of methoxy groups -OCH3 is 1. The van der Waals surface area contributed by atoms with Gasteiger partial charge in [0, 0.05) is 19.4 Å². The zero-order valence-electron chi connectivity index (χ0n) is 10.9. The van der Waals surface area contributed by atoms with Crippen molar-refractivity contribution >= 4 is 5.97 Å². The number of hydrogen-bond acceptors (Lipinski definition) is 5. The fourth-order valence-corrected chi connectivity index (χ4v) is 1.53. The van der Waals surface area contributed by atoms with Gasteiger partial charge in [0.15, 0.2) is 11.5 Å². The van der Waals surface area contributed by atoms with Gasteiger partial charge < -0.3 is 19.1 Å². The number of aromatic nitrogens is 2. The van der Waals surface area contributed by atoms with E-state index in [1.54, 1.807) is 7.05 Å². The molecule has 1 N–H and O–H groups in total. The van der Waals surface area contributed by atoms with Crippen molar-refractivity contribution in [1.29, 1.82) is 0 Å². The van der Waals surface area contributed by atoms with Crippen LogP contribution >= 0.6 is 0 Å². The summed E-state index contributed by atoms with van der Waals surface area (Å²) < 4.78 is 11.8. The molecule has 0 amide bonds. The molecule has 0 fully saturated rings. The van der Waals surface area contributed by atoms with Crippen molar-refractivity contribution in [3.8, 4) is 17.4 Å². The molecule has 1 heterocycles. The number of nitrogens with zero attached hydrogens (tertiary/aromatic N) is 2. The second kappa shape index (κ2) is 5.43. The minimum absolute atomic E-state index is 0.0584. The van der Waals surface area contributed by atoms with Crippen LogP contribution in [0.4, 0.5) is 0 Å². The summed E-state index contributed by atoms with van der Waals surface area (Å²) in [5, 5.41) is 8.90. The number of carboxylic acid groups (broad SMARTS) is 1. The average Bonchev–Trinajstić information content (AvgIpc) is 2.44. The van der Waals surface area contributed by atoms with Gasteiger partial charge in [0.1, 0.15) is 0 Å². The fraction of sp³-hybridized carbons (Fsp3) is 0.154. The molecule has 0 saturated heterocycles. The third-order valence-corrected chi connectivity index (χ3v) is 2.60. The summed E-state index contributed by atoms with van der Waals surface area (Å²) in [6, 6.07) is 4.08. The molecule has 0 bridgehead atoms. The molecule has 7 nitrogen and oxygen atoms in total. The van der Waals surface area contributed by atoms with Crippen LogP contribution in [0.3, 0.4) is 0 Å². The third-order valence-electron chi connectivity index (χ3n) is 2.60. The first-order valence-corrected chi connectivity index (χ1v) is 5.63. The van der Waals surface area contributed by atoms with Crippen LogP contribution in [0, 0.1) is 0 Å². The number of ether oxygens (including phenoxy) is 2. The molecule has 0 saturated carbocycles. The van der Waals surface area contributed by atoms with E-state index in [1.807, 2.05) is 0 Å². The van der Waals surface area contributed by atoms with Crippen molar-refractivity contribution in [1.82, 2.24) is 9.55 Å². The maximum atomic E-state index is 11.8. The van der Waals surface area contributed by atoms with E-state index in [-0.39, 0.29) is 22.9 Å². The molecule has 1 aromatic carbocycles. The van der Waals surface area contributed by atoms with E-state index in [0.717, 1.165) is 0 Å². The molecule has 2 aromatic rings. The largest absolute Gasteiger partial charge is 0.493 e. The lowest BCUT2D eigenvalue weighted by atomic mass is 10.2. The Morgan fingerprint density at radius 1 is 1.35 bits per heavy atom. The summed E-state index contributed by atoms with van der Waals surface area (Å²) in [5.74, 6) is -0.772. The minimum Gasteiger partial charge on any atom is -0.493 e. The van der Waals surface area contributed by atoms with Gasteiger partial charge in [-0.25, -0.2) is 9.78 Å². The molecular weight excluding hydrogens is 264 g/mol. The number of carboxylic acids is 1. The average molecular weight is 276 g/mol. The Kier molecular flexibility index (Phi) is 3.69. The lowest BCUT2D eigenvalue weighted by Gasteiger charge is -2.10. The Balaban J connectivity index is 2.41. The van der Waals surface area contributed by atoms with Gasteiger partial charge in [0.05, 0.1) is 12.7 Å². The maximum absolute atomic E-state index is 11.8. The van der Waals surface area contributed by atoms with Gasteiger partial charge in [-0.15, -0.1) is 0 Å². The van der Waals surface area contributed by atoms with Crippen LogP contribution < -0.4 is 15.0 Å². The number of aromatic carboxylic acids is 1. The van der Waals surface area contributed by atoms with E-state index in [0.29, 0.717) is 0 Å². The van der Waals surface area contributed by atoms with E-state index in [2.05, 4.69) is 4.98 Å². The molecule has 0 atom stereocenters. The van der Waals surface area contributed by atoms with E-state index in [1.165, 1.54) is 42.3 Å². The summed E-state index contributed by atoms with van der Waals surface area (Å²) in [5.41, 5.74) is -0.347. The second-order valence-electron chi connectivity index (χ2n) is 3.92. The minimum atomic E-state index is -1.08. The molecule has 1 aromatic heterocycles. The molecule has 20 heavy (non-hydrogen) atoms. The second-order valence-corrected chi connectivity index (χ2v) is 3.92. The van der Waals surface area contributed by atoms with Gasteiger partial charge in [0.2, 0.25) is 0 Å². The molecule has 0 aliphatic carbocycles. The van der Waals surface area contributed by atoms with E-state index < -0.39 is 11.5 Å². The summed E-state index contributed by atoms with van der Waals surface area (Å²) >= 11 is 0. The van der Waals surface area contributed by atoms with Gasteiger partial charge in [0.25, 0.3) is 5.88 Å². The quantitative estimate of drug-likeness (QED) is 0.904. The normalized spacial score (nSPS) is 10.1. The molecule has 2 rings (SSSR count). The highest BCUT2D eigenvalue weighted by molar-refractivity contribution is 5.88. The van der Waals surface area contributed by atoms with Crippen molar-refractivity contribution in [2.75, 3.05) is 7.11 Å². The number of rotatable bonds is 4. The zero-order valence-corrected chi connectivity index (χ0v) is 10.9. The van der Waals surface area contributed by atoms with Crippen LogP contribution in [0.5, 0.6) is 17.4 Å². The topological polar surface area (TPSA) is 90.7 Å². The van der Waals surface area contributed by atoms with Crippen LogP contribution in [0.1, 0.15) is 10.4 Å².